The number of carbonyl (C=O) groups is 1. The Bertz CT molecular complexity index is 1000. The van der Waals surface area contributed by atoms with Gasteiger partial charge in [0.2, 0.25) is 0 Å². The Labute approximate surface area is 157 Å². The van der Waals surface area contributed by atoms with Gasteiger partial charge in [0.05, 0.1) is 5.69 Å². The zero-order valence-corrected chi connectivity index (χ0v) is 15.7. The summed E-state index contributed by atoms with van der Waals surface area (Å²) in [7, 11) is 0. The van der Waals surface area contributed by atoms with Crippen LogP contribution < -0.4 is 11.1 Å². The third-order valence-electron chi connectivity index (χ3n) is 5.49. The summed E-state index contributed by atoms with van der Waals surface area (Å²) in [6, 6.07) is 3.61. The summed E-state index contributed by atoms with van der Waals surface area (Å²) in [5, 5.41) is 0. The van der Waals surface area contributed by atoms with Crippen LogP contribution in [-0.4, -0.2) is 38.4 Å². The van der Waals surface area contributed by atoms with Crippen molar-refractivity contribution in [3.05, 3.63) is 61.7 Å². The standard InChI is InChI=1S/C20H24N4O3/c1-12-7-9-24(15-5-6-15)20(27)18(12)19(26)23-8-3-4-14(11-23)16-10-17(25)22-13(2)21-16/h7,9-10,14-15H,3-6,8,11H2,1-2H3,(H,21,22,25). The van der Waals surface area contributed by atoms with E-state index in [4.69, 9.17) is 0 Å². The minimum absolute atomic E-state index is 0.0124. The summed E-state index contributed by atoms with van der Waals surface area (Å²) in [6.07, 6.45) is 5.49. The summed E-state index contributed by atoms with van der Waals surface area (Å²) in [4.78, 5) is 46.6. The van der Waals surface area contributed by atoms with Gasteiger partial charge in [-0.2, -0.15) is 0 Å². The highest BCUT2D eigenvalue weighted by Crippen LogP contribution is 2.33. The van der Waals surface area contributed by atoms with E-state index in [1.165, 1.54) is 6.07 Å². The van der Waals surface area contributed by atoms with Crippen LogP contribution >= 0.6 is 0 Å². The van der Waals surface area contributed by atoms with Gasteiger partial charge in [-0.15, -0.1) is 0 Å². The molecule has 1 aliphatic heterocycles. The molecule has 7 heteroatoms. The molecule has 1 N–H and O–H groups in total. The Morgan fingerprint density at radius 3 is 2.70 bits per heavy atom. The van der Waals surface area contributed by atoms with E-state index < -0.39 is 0 Å². The number of aromatic amines is 1. The van der Waals surface area contributed by atoms with Gasteiger partial charge in [0, 0.05) is 37.3 Å². The minimum atomic E-state index is -0.209. The molecular weight excluding hydrogens is 344 g/mol. The lowest BCUT2D eigenvalue weighted by Gasteiger charge is -2.32. The van der Waals surface area contributed by atoms with Crippen molar-refractivity contribution in [3.8, 4) is 0 Å². The highest BCUT2D eigenvalue weighted by atomic mass is 16.2. The SMILES string of the molecule is Cc1nc(C2CCCN(C(=O)c3c(C)ccn(C4CC4)c3=O)C2)cc(=O)[nH]1. The van der Waals surface area contributed by atoms with Crippen LogP contribution in [0.4, 0.5) is 0 Å². The Balaban J connectivity index is 1.62. The molecular formula is C20H24N4O3. The minimum Gasteiger partial charge on any atom is -0.338 e. The molecule has 0 radical (unpaired) electrons. The molecule has 2 fully saturated rings. The molecule has 0 aromatic carbocycles. The van der Waals surface area contributed by atoms with Crippen molar-refractivity contribution in [2.24, 2.45) is 0 Å². The predicted octanol–water partition coefficient (Wildman–Crippen LogP) is 1.90. The lowest BCUT2D eigenvalue weighted by molar-refractivity contribution is 0.0702. The van der Waals surface area contributed by atoms with E-state index in [2.05, 4.69) is 9.97 Å². The third kappa shape index (κ3) is 3.46. The van der Waals surface area contributed by atoms with Crippen LogP contribution in [0.25, 0.3) is 0 Å². The fraction of sp³-hybridized carbons (Fsp3) is 0.500. The van der Waals surface area contributed by atoms with E-state index in [1.807, 2.05) is 13.0 Å². The lowest BCUT2D eigenvalue weighted by atomic mass is 9.93. The predicted molar refractivity (Wildman–Crippen MR) is 101 cm³/mol. The molecule has 7 nitrogen and oxygen atoms in total. The van der Waals surface area contributed by atoms with Gasteiger partial charge in [0.15, 0.2) is 0 Å². The molecule has 1 aliphatic carbocycles. The van der Waals surface area contributed by atoms with E-state index in [1.54, 1.807) is 22.6 Å². The normalized spacial score (nSPS) is 19.9. The number of hydrogen-bond donors (Lipinski definition) is 1. The van der Waals surface area contributed by atoms with Crippen LogP contribution in [0, 0.1) is 13.8 Å². The maximum atomic E-state index is 13.2. The van der Waals surface area contributed by atoms with E-state index in [9.17, 15) is 14.4 Å². The molecule has 3 heterocycles. The Kier molecular flexibility index (Phi) is 4.45. The highest BCUT2D eigenvalue weighted by molar-refractivity contribution is 5.95. The molecule has 1 unspecified atom stereocenters. The summed E-state index contributed by atoms with van der Waals surface area (Å²) in [6.45, 7) is 4.67. The molecule has 1 amide bonds. The Morgan fingerprint density at radius 2 is 2.00 bits per heavy atom. The molecule has 1 atom stereocenters. The molecule has 2 aromatic rings. The number of nitrogens with zero attached hydrogens (tertiary/aromatic N) is 3. The van der Waals surface area contributed by atoms with Gasteiger partial charge in [0.1, 0.15) is 11.4 Å². The molecule has 2 aliphatic rings. The number of hydrogen-bond acceptors (Lipinski definition) is 4. The number of aryl methyl sites for hydroxylation is 2. The highest BCUT2D eigenvalue weighted by Gasteiger charge is 2.31. The number of aromatic nitrogens is 3. The van der Waals surface area contributed by atoms with Gasteiger partial charge in [-0.3, -0.25) is 14.4 Å². The van der Waals surface area contributed by atoms with Gasteiger partial charge in [-0.05, 0) is 51.2 Å². The van der Waals surface area contributed by atoms with Gasteiger partial charge in [-0.25, -0.2) is 4.98 Å². The molecule has 2 aromatic heterocycles. The largest absolute Gasteiger partial charge is 0.338 e. The first-order valence-electron chi connectivity index (χ1n) is 9.53. The zero-order valence-electron chi connectivity index (χ0n) is 15.7. The zero-order chi connectivity index (χ0) is 19.1. The van der Waals surface area contributed by atoms with Crippen molar-refractivity contribution >= 4 is 5.91 Å². The number of carbonyl (C=O) groups excluding carboxylic acids is 1. The van der Waals surface area contributed by atoms with Gasteiger partial charge in [-0.1, -0.05) is 0 Å². The van der Waals surface area contributed by atoms with Crippen molar-refractivity contribution < 1.29 is 4.79 Å². The quantitative estimate of drug-likeness (QED) is 0.896. The molecule has 142 valence electrons. The summed E-state index contributed by atoms with van der Waals surface area (Å²) in [5.41, 5.74) is 1.35. The van der Waals surface area contributed by atoms with Crippen molar-refractivity contribution in [3.63, 3.8) is 0 Å². The summed E-state index contributed by atoms with van der Waals surface area (Å²) in [5.74, 6) is 0.379. The number of nitrogens with one attached hydrogen (secondary N) is 1. The number of H-pyrrole nitrogens is 1. The first-order valence-corrected chi connectivity index (χ1v) is 9.53. The van der Waals surface area contributed by atoms with Crippen molar-refractivity contribution in [1.29, 1.82) is 0 Å². The van der Waals surface area contributed by atoms with E-state index in [0.29, 0.717) is 30.2 Å². The van der Waals surface area contributed by atoms with Crippen LogP contribution in [0.2, 0.25) is 0 Å². The van der Waals surface area contributed by atoms with Gasteiger partial charge >= 0.3 is 0 Å². The first-order chi connectivity index (χ1) is 12.9. The van der Waals surface area contributed by atoms with Crippen LogP contribution in [0.1, 0.15) is 65.1 Å². The Morgan fingerprint density at radius 1 is 1.22 bits per heavy atom. The molecule has 0 spiro atoms. The third-order valence-corrected chi connectivity index (χ3v) is 5.49. The maximum absolute atomic E-state index is 13.2. The fourth-order valence-electron chi connectivity index (χ4n) is 3.91. The van der Waals surface area contributed by atoms with Crippen LogP contribution in [-0.2, 0) is 0 Å². The number of rotatable bonds is 3. The van der Waals surface area contributed by atoms with Gasteiger partial charge in [0.25, 0.3) is 17.0 Å². The van der Waals surface area contributed by atoms with Crippen LogP contribution in [0.15, 0.2) is 27.9 Å². The molecule has 4 rings (SSSR count). The number of amides is 1. The van der Waals surface area contributed by atoms with Crippen molar-refractivity contribution in [2.75, 3.05) is 13.1 Å². The van der Waals surface area contributed by atoms with E-state index in [0.717, 1.165) is 25.7 Å². The molecule has 27 heavy (non-hydrogen) atoms. The molecule has 0 bridgehead atoms. The number of pyridine rings is 1. The fourth-order valence-corrected chi connectivity index (χ4v) is 3.91. The summed E-state index contributed by atoms with van der Waals surface area (Å²) < 4.78 is 1.70. The number of likely N-dealkylation sites (tertiary alicyclic amines) is 1. The second-order valence-corrected chi connectivity index (χ2v) is 7.66. The van der Waals surface area contributed by atoms with Crippen molar-refractivity contribution in [1.82, 2.24) is 19.4 Å². The molecule has 1 saturated carbocycles. The van der Waals surface area contributed by atoms with Crippen molar-refractivity contribution in [2.45, 2.75) is 51.5 Å². The van der Waals surface area contributed by atoms with E-state index in [-0.39, 0.29) is 34.5 Å². The molecule has 1 saturated heterocycles. The monoisotopic (exact) mass is 368 g/mol. The smallest absolute Gasteiger partial charge is 0.263 e. The number of piperidine rings is 1. The second-order valence-electron chi connectivity index (χ2n) is 7.66. The lowest BCUT2D eigenvalue weighted by Crippen LogP contribution is -2.42. The maximum Gasteiger partial charge on any atom is 0.263 e. The van der Waals surface area contributed by atoms with Gasteiger partial charge < -0.3 is 14.5 Å². The first kappa shape index (κ1) is 17.7. The van der Waals surface area contributed by atoms with Crippen LogP contribution in [0.3, 0.4) is 0 Å². The second kappa shape index (κ2) is 6.79. The van der Waals surface area contributed by atoms with Crippen LogP contribution in [0.5, 0.6) is 0 Å². The van der Waals surface area contributed by atoms with E-state index >= 15 is 0 Å². The topological polar surface area (TPSA) is 88.1 Å². The average molecular weight is 368 g/mol. The Hall–Kier alpha value is -2.70. The average Bonchev–Trinajstić information content (AvgIpc) is 3.46. The summed E-state index contributed by atoms with van der Waals surface area (Å²) >= 11 is 0.